The molecule has 1 aromatic rings. The summed E-state index contributed by atoms with van der Waals surface area (Å²) in [6, 6.07) is 7.69. The molecule has 0 nitrogen and oxygen atoms in total. The molecule has 0 aliphatic rings. The summed E-state index contributed by atoms with van der Waals surface area (Å²) in [4.78, 5) is 0. The minimum absolute atomic E-state index is 1.29. The highest BCUT2D eigenvalue weighted by atomic mass is 14.1. The minimum Gasteiger partial charge on any atom is -0.0654 e. The van der Waals surface area contributed by atoms with Crippen molar-refractivity contribution in [3.8, 4) is 0 Å². The van der Waals surface area contributed by atoms with Gasteiger partial charge in [0.25, 0.3) is 0 Å². The molecule has 0 aliphatic carbocycles. The second kappa shape index (κ2) is 37.5. The van der Waals surface area contributed by atoms with E-state index in [1.54, 1.807) is 16.7 Å². The van der Waals surface area contributed by atoms with Gasteiger partial charge in [-0.25, -0.2) is 0 Å². The third kappa shape index (κ3) is 30.1. The van der Waals surface area contributed by atoms with E-state index >= 15 is 0 Å². The van der Waals surface area contributed by atoms with Crippen LogP contribution in [0.1, 0.15) is 269 Å². The quantitative estimate of drug-likeness (QED) is 0.0613. The molecule has 0 saturated carbocycles. The van der Waals surface area contributed by atoms with Crippen molar-refractivity contribution in [1.82, 2.24) is 0 Å². The summed E-state index contributed by atoms with van der Waals surface area (Å²) in [6.07, 6.45) is 55.8. The highest BCUT2D eigenvalue weighted by Crippen LogP contribution is 2.22. The van der Waals surface area contributed by atoms with Gasteiger partial charge in [-0.05, 0) is 55.2 Å². The van der Waals surface area contributed by atoms with Crippen molar-refractivity contribution >= 4 is 0 Å². The van der Waals surface area contributed by atoms with E-state index in [4.69, 9.17) is 0 Å². The van der Waals surface area contributed by atoms with E-state index in [9.17, 15) is 0 Å². The van der Waals surface area contributed by atoms with Crippen molar-refractivity contribution < 1.29 is 0 Å². The molecule has 0 heteroatoms. The SMILES string of the molecule is CCCCCCCCCCCCCCc1ccc(CCCCCCCCCCCCCC)c(CCCCCCCCCCCCCC)c1. The van der Waals surface area contributed by atoms with Crippen LogP contribution >= 0.6 is 0 Å². The van der Waals surface area contributed by atoms with Gasteiger partial charge in [-0.1, -0.05) is 251 Å². The molecule has 0 atom stereocenters. The van der Waals surface area contributed by atoms with Crippen LogP contribution < -0.4 is 0 Å². The molecule has 0 radical (unpaired) electrons. The summed E-state index contributed by atoms with van der Waals surface area (Å²) >= 11 is 0. The minimum atomic E-state index is 1.29. The third-order valence-electron chi connectivity index (χ3n) is 11.2. The summed E-state index contributed by atoms with van der Waals surface area (Å²) in [5, 5.41) is 0. The van der Waals surface area contributed by atoms with Gasteiger partial charge in [0.1, 0.15) is 0 Å². The van der Waals surface area contributed by atoms with Gasteiger partial charge in [-0.3, -0.25) is 0 Å². The van der Waals surface area contributed by atoms with Gasteiger partial charge in [-0.15, -0.1) is 0 Å². The molecule has 0 bridgehead atoms. The zero-order valence-electron chi connectivity index (χ0n) is 33.8. The molecule has 0 heterocycles. The normalized spacial score (nSPS) is 11.6. The maximum Gasteiger partial charge on any atom is -0.0276 e. The van der Waals surface area contributed by atoms with E-state index in [1.165, 1.54) is 250 Å². The first-order valence-corrected chi connectivity index (χ1v) is 22.9. The molecule has 0 N–H and O–H groups in total. The first-order chi connectivity index (χ1) is 23.8. The molecule has 282 valence electrons. The molecule has 0 unspecified atom stereocenters. The number of unbranched alkanes of at least 4 members (excludes halogenated alkanes) is 33. The Morgan fingerprint density at radius 3 is 0.812 bits per heavy atom. The molecule has 1 rings (SSSR count). The Labute approximate surface area is 305 Å². The van der Waals surface area contributed by atoms with Gasteiger partial charge in [0.2, 0.25) is 0 Å². The lowest BCUT2D eigenvalue weighted by Crippen LogP contribution is -1.98. The lowest BCUT2D eigenvalue weighted by Gasteiger charge is -2.13. The Hall–Kier alpha value is -0.780. The van der Waals surface area contributed by atoms with Crippen molar-refractivity contribution in [2.24, 2.45) is 0 Å². The first-order valence-electron chi connectivity index (χ1n) is 22.9. The van der Waals surface area contributed by atoms with Crippen molar-refractivity contribution in [3.63, 3.8) is 0 Å². The molecular weight excluding hydrogens is 577 g/mol. The van der Waals surface area contributed by atoms with Crippen LogP contribution in [-0.2, 0) is 19.3 Å². The van der Waals surface area contributed by atoms with Gasteiger partial charge in [0.05, 0.1) is 0 Å². The fraction of sp³-hybridized carbons (Fsp3) is 0.875. The summed E-state index contributed by atoms with van der Waals surface area (Å²) < 4.78 is 0. The molecule has 1 aromatic carbocycles. The molecular formula is C48H90. The summed E-state index contributed by atoms with van der Waals surface area (Å²) in [7, 11) is 0. The average molecular weight is 667 g/mol. The zero-order valence-corrected chi connectivity index (χ0v) is 33.8. The smallest absolute Gasteiger partial charge is 0.0276 e. The summed E-state index contributed by atoms with van der Waals surface area (Å²) in [6.45, 7) is 6.95. The molecule has 0 spiro atoms. The zero-order chi connectivity index (χ0) is 34.4. The van der Waals surface area contributed by atoms with E-state index in [0.29, 0.717) is 0 Å². The van der Waals surface area contributed by atoms with Gasteiger partial charge in [-0.2, -0.15) is 0 Å². The molecule has 48 heavy (non-hydrogen) atoms. The van der Waals surface area contributed by atoms with Crippen molar-refractivity contribution in [2.75, 3.05) is 0 Å². The number of rotatable bonds is 39. The van der Waals surface area contributed by atoms with Crippen LogP contribution in [0, 0.1) is 0 Å². The number of hydrogen-bond donors (Lipinski definition) is 0. The third-order valence-corrected chi connectivity index (χ3v) is 11.2. The van der Waals surface area contributed by atoms with E-state index in [0.717, 1.165) is 0 Å². The van der Waals surface area contributed by atoms with Crippen LogP contribution in [0.2, 0.25) is 0 Å². The van der Waals surface area contributed by atoms with Crippen molar-refractivity contribution in [1.29, 1.82) is 0 Å². The average Bonchev–Trinajstić information content (AvgIpc) is 3.10. The second-order valence-corrected chi connectivity index (χ2v) is 16.0. The Morgan fingerprint density at radius 2 is 0.500 bits per heavy atom. The van der Waals surface area contributed by atoms with Crippen LogP contribution in [0.3, 0.4) is 0 Å². The van der Waals surface area contributed by atoms with Crippen LogP contribution in [0.15, 0.2) is 18.2 Å². The summed E-state index contributed by atoms with van der Waals surface area (Å²) in [5.74, 6) is 0. The fourth-order valence-electron chi connectivity index (χ4n) is 7.79. The topological polar surface area (TPSA) is 0 Å². The van der Waals surface area contributed by atoms with E-state index < -0.39 is 0 Å². The van der Waals surface area contributed by atoms with Crippen LogP contribution in [0.25, 0.3) is 0 Å². The standard InChI is InChI=1S/C48H90/c1-4-7-10-13-16-19-22-25-28-31-34-37-40-46-43-44-47(41-38-35-32-29-26-23-20-17-14-11-8-5-2)48(45-46)42-39-36-33-30-27-24-21-18-15-12-9-6-3/h43-45H,4-42H2,1-3H3. The van der Waals surface area contributed by atoms with Crippen LogP contribution in [0.4, 0.5) is 0 Å². The van der Waals surface area contributed by atoms with E-state index in [2.05, 4.69) is 39.0 Å². The predicted octanol–water partition coefficient (Wildman–Crippen LogP) is 17.4. The maximum absolute atomic E-state index is 2.65. The van der Waals surface area contributed by atoms with Gasteiger partial charge >= 0.3 is 0 Å². The Kier molecular flexibility index (Phi) is 35.3. The Morgan fingerprint density at radius 1 is 0.250 bits per heavy atom. The van der Waals surface area contributed by atoms with E-state index in [1.807, 2.05) is 0 Å². The van der Waals surface area contributed by atoms with Crippen molar-refractivity contribution in [3.05, 3.63) is 34.9 Å². The lowest BCUT2D eigenvalue weighted by atomic mass is 9.93. The Balaban J connectivity index is 2.32. The maximum atomic E-state index is 2.65. The largest absolute Gasteiger partial charge is 0.0654 e. The molecule has 0 aliphatic heterocycles. The van der Waals surface area contributed by atoms with E-state index in [-0.39, 0.29) is 0 Å². The molecule has 0 aromatic heterocycles. The van der Waals surface area contributed by atoms with Crippen molar-refractivity contribution in [2.45, 2.75) is 271 Å². The Bertz CT molecular complexity index is 746. The number of aryl methyl sites for hydroxylation is 3. The monoisotopic (exact) mass is 667 g/mol. The predicted molar refractivity (Wildman–Crippen MR) is 221 cm³/mol. The van der Waals surface area contributed by atoms with Crippen LogP contribution in [-0.4, -0.2) is 0 Å². The molecule has 0 amide bonds. The van der Waals surface area contributed by atoms with Crippen LogP contribution in [0.5, 0.6) is 0 Å². The second-order valence-electron chi connectivity index (χ2n) is 16.0. The van der Waals surface area contributed by atoms with Gasteiger partial charge in [0.15, 0.2) is 0 Å². The fourth-order valence-corrected chi connectivity index (χ4v) is 7.79. The lowest BCUT2D eigenvalue weighted by molar-refractivity contribution is 0.541. The highest BCUT2D eigenvalue weighted by molar-refractivity contribution is 5.32. The number of hydrogen-bond acceptors (Lipinski definition) is 0. The summed E-state index contributed by atoms with van der Waals surface area (Å²) in [5.41, 5.74) is 5.01. The first kappa shape index (κ1) is 45.2. The highest BCUT2D eigenvalue weighted by Gasteiger charge is 2.06. The molecule has 0 saturated heterocycles. The van der Waals surface area contributed by atoms with Gasteiger partial charge in [0, 0.05) is 0 Å². The molecule has 0 fully saturated rings. The number of benzene rings is 1. The van der Waals surface area contributed by atoms with Gasteiger partial charge < -0.3 is 0 Å².